The van der Waals surface area contributed by atoms with Crippen molar-refractivity contribution in [3.8, 4) is 0 Å². The number of hydrogen-bond acceptors (Lipinski definition) is 0. The summed E-state index contributed by atoms with van der Waals surface area (Å²) in [7, 11) is 0. The van der Waals surface area contributed by atoms with Crippen molar-refractivity contribution in [2.45, 2.75) is 39.5 Å². The summed E-state index contributed by atoms with van der Waals surface area (Å²) in [6.07, 6.45) is 12.0. The topological polar surface area (TPSA) is 0 Å². The molecule has 0 aliphatic heterocycles. The van der Waals surface area contributed by atoms with Gasteiger partial charge >= 0.3 is 0 Å². The fourth-order valence-electron chi connectivity index (χ4n) is 4.17. The molecular formula is C13H17Cl. The molecule has 3 aliphatic carbocycles. The predicted octanol–water partition coefficient (Wildman–Crippen LogP) is 4.27. The van der Waals surface area contributed by atoms with Gasteiger partial charge in [0, 0.05) is 15.9 Å². The summed E-state index contributed by atoms with van der Waals surface area (Å²) in [5, 5.41) is 1.15. The second-order valence-electron chi connectivity index (χ2n) is 6.13. The van der Waals surface area contributed by atoms with Gasteiger partial charge in [-0.05, 0) is 31.1 Å². The molecule has 0 spiro atoms. The zero-order valence-corrected chi connectivity index (χ0v) is 9.69. The van der Waals surface area contributed by atoms with Crippen LogP contribution in [0.3, 0.4) is 0 Å². The lowest BCUT2D eigenvalue weighted by atomic mass is 9.52. The van der Waals surface area contributed by atoms with E-state index in [1.165, 1.54) is 25.7 Å². The quantitative estimate of drug-likeness (QED) is 0.522. The highest BCUT2D eigenvalue weighted by Crippen LogP contribution is 2.75. The second-order valence-corrected chi connectivity index (χ2v) is 6.54. The van der Waals surface area contributed by atoms with Gasteiger partial charge in [-0.25, -0.2) is 0 Å². The van der Waals surface area contributed by atoms with Gasteiger partial charge in [0.15, 0.2) is 0 Å². The number of halogens is 1. The van der Waals surface area contributed by atoms with Crippen molar-refractivity contribution in [1.82, 2.24) is 0 Å². The minimum atomic E-state index is 0.340. The fraction of sp³-hybridized carbons (Fsp3) is 0.692. The largest absolute Gasteiger partial charge is 0.0888 e. The molecule has 0 nitrogen and oxygen atoms in total. The third kappa shape index (κ3) is 0.821. The highest BCUT2D eigenvalue weighted by atomic mass is 35.5. The Bertz CT molecular complexity index is 350. The first-order valence-corrected chi connectivity index (χ1v) is 5.92. The van der Waals surface area contributed by atoms with Crippen molar-refractivity contribution in [3.63, 3.8) is 0 Å². The lowest BCUT2D eigenvalue weighted by molar-refractivity contribution is 0.128. The fourth-order valence-corrected chi connectivity index (χ4v) is 4.71. The van der Waals surface area contributed by atoms with Gasteiger partial charge in [-0.2, -0.15) is 0 Å². The Morgan fingerprint density at radius 1 is 1.14 bits per heavy atom. The molecule has 2 unspecified atom stereocenters. The van der Waals surface area contributed by atoms with E-state index in [1.54, 1.807) is 0 Å². The predicted molar refractivity (Wildman–Crippen MR) is 60.2 cm³/mol. The van der Waals surface area contributed by atoms with Crippen molar-refractivity contribution in [2.75, 3.05) is 0 Å². The van der Waals surface area contributed by atoms with Gasteiger partial charge in [-0.3, -0.25) is 0 Å². The van der Waals surface area contributed by atoms with E-state index in [0.29, 0.717) is 16.2 Å². The number of allylic oxidation sites excluding steroid dienone is 4. The first kappa shape index (κ1) is 9.03. The molecule has 3 aliphatic rings. The molecular weight excluding hydrogens is 192 g/mol. The summed E-state index contributed by atoms with van der Waals surface area (Å²) in [6.45, 7) is 4.77. The Hall–Kier alpha value is -0.230. The molecule has 0 N–H and O–H groups in total. The zero-order valence-electron chi connectivity index (χ0n) is 8.94. The summed E-state index contributed by atoms with van der Waals surface area (Å²) in [5.41, 5.74) is 1.24. The standard InChI is InChI=1S/C13H17Cl/c1-11(2)8-12-5-3-4-6-13(12,9-11)10(14)7-12/h3-4,7H,5-6,8-9H2,1-2H3. The molecule has 1 fully saturated rings. The lowest BCUT2D eigenvalue weighted by Crippen LogP contribution is -2.45. The molecule has 0 amide bonds. The Morgan fingerprint density at radius 3 is 2.50 bits per heavy atom. The first-order valence-electron chi connectivity index (χ1n) is 5.54. The molecule has 0 heterocycles. The molecule has 0 aromatic heterocycles. The van der Waals surface area contributed by atoms with Crippen molar-refractivity contribution < 1.29 is 0 Å². The first-order chi connectivity index (χ1) is 6.50. The van der Waals surface area contributed by atoms with Gasteiger partial charge < -0.3 is 0 Å². The molecule has 2 atom stereocenters. The van der Waals surface area contributed by atoms with Crippen molar-refractivity contribution in [3.05, 3.63) is 23.3 Å². The summed E-state index contributed by atoms with van der Waals surface area (Å²) in [4.78, 5) is 0. The average Bonchev–Trinajstić information content (AvgIpc) is 2.28. The molecule has 0 aromatic carbocycles. The molecule has 0 saturated heterocycles. The van der Waals surface area contributed by atoms with Crippen LogP contribution < -0.4 is 0 Å². The second kappa shape index (κ2) is 2.29. The summed E-state index contributed by atoms with van der Waals surface area (Å²) in [5.74, 6) is 0. The van der Waals surface area contributed by atoms with Crippen LogP contribution in [0.1, 0.15) is 39.5 Å². The van der Waals surface area contributed by atoms with Crippen molar-refractivity contribution in [2.24, 2.45) is 16.2 Å². The molecule has 3 rings (SSSR count). The maximum atomic E-state index is 6.36. The van der Waals surface area contributed by atoms with E-state index < -0.39 is 0 Å². The van der Waals surface area contributed by atoms with E-state index in [9.17, 15) is 0 Å². The van der Waals surface area contributed by atoms with Crippen LogP contribution in [0.25, 0.3) is 0 Å². The van der Waals surface area contributed by atoms with E-state index in [4.69, 9.17) is 11.6 Å². The van der Waals surface area contributed by atoms with Gasteiger partial charge in [-0.1, -0.05) is 43.7 Å². The third-order valence-electron chi connectivity index (χ3n) is 4.50. The van der Waals surface area contributed by atoms with Crippen LogP contribution in [0.15, 0.2) is 23.3 Å². The number of rotatable bonds is 0. The lowest BCUT2D eigenvalue weighted by Gasteiger charge is -2.53. The summed E-state index contributed by atoms with van der Waals surface area (Å²) >= 11 is 6.36. The van der Waals surface area contributed by atoms with Crippen LogP contribution in [0.5, 0.6) is 0 Å². The molecule has 0 aromatic rings. The minimum Gasteiger partial charge on any atom is -0.0888 e. The van der Waals surface area contributed by atoms with Crippen LogP contribution >= 0.6 is 11.6 Å². The van der Waals surface area contributed by atoms with E-state index in [-0.39, 0.29) is 0 Å². The highest BCUT2D eigenvalue weighted by molar-refractivity contribution is 6.31. The monoisotopic (exact) mass is 208 g/mol. The Morgan fingerprint density at radius 2 is 1.86 bits per heavy atom. The van der Waals surface area contributed by atoms with E-state index in [2.05, 4.69) is 32.1 Å². The van der Waals surface area contributed by atoms with Gasteiger partial charge in [0.2, 0.25) is 0 Å². The highest BCUT2D eigenvalue weighted by Gasteiger charge is 2.65. The zero-order chi connectivity index (χ0) is 10.0. The maximum Gasteiger partial charge on any atom is 0.0221 e. The van der Waals surface area contributed by atoms with Gasteiger partial charge in [0.05, 0.1) is 0 Å². The van der Waals surface area contributed by atoms with Crippen LogP contribution in [0.4, 0.5) is 0 Å². The van der Waals surface area contributed by atoms with Crippen LogP contribution in [0.2, 0.25) is 0 Å². The maximum absolute atomic E-state index is 6.36. The van der Waals surface area contributed by atoms with E-state index in [1.807, 2.05) is 0 Å². The van der Waals surface area contributed by atoms with E-state index in [0.717, 1.165) is 5.03 Å². The molecule has 0 radical (unpaired) electrons. The minimum absolute atomic E-state index is 0.340. The summed E-state index contributed by atoms with van der Waals surface area (Å²) in [6, 6.07) is 0. The van der Waals surface area contributed by atoms with Crippen LogP contribution in [-0.2, 0) is 0 Å². The van der Waals surface area contributed by atoms with Crippen LogP contribution in [0, 0.1) is 16.2 Å². The van der Waals surface area contributed by atoms with Crippen molar-refractivity contribution in [1.29, 1.82) is 0 Å². The summed E-state index contributed by atoms with van der Waals surface area (Å²) < 4.78 is 0. The molecule has 1 saturated carbocycles. The third-order valence-corrected chi connectivity index (χ3v) is 4.97. The smallest absolute Gasteiger partial charge is 0.0221 e. The molecule has 14 heavy (non-hydrogen) atoms. The Balaban J connectivity index is 2.09. The average molecular weight is 209 g/mol. The van der Waals surface area contributed by atoms with Gasteiger partial charge in [0.1, 0.15) is 0 Å². The Labute approximate surface area is 91.0 Å². The SMILES string of the molecule is CC1(C)CC23C=C(Cl)C2(CC=CC3)C1. The molecule has 1 heteroatoms. The number of hydrogen-bond donors (Lipinski definition) is 0. The van der Waals surface area contributed by atoms with Gasteiger partial charge in [-0.15, -0.1) is 0 Å². The Kier molecular flexibility index (Phi) is 1.48. The van der Waals surface area contributed by atoms with Crippen LogP contribution in [-0.4, -0.2) is 0 Å². The van der Waals surface area contributed by atoms with Gasteiger partial charge in [0.25, 0.3) is 0 Å². The normalized spacial score (nSPS) is 47.8. The van der Waals surface area contributed by atoms with E-state index >= 15 is 0 Å². The van der Waals surface area contributed by atoms with Crippen molar-refractivity contribution >= 4 is 11.6 Å². The molecule has 0 bridgehead atoms. The molecule has 76 valence electrons.